The highest BCUT2D eigenvalue weighted by Gasteiger charge is 2.23. The first-order chi connectivity index (χ1) is 10.3. The Morgan fingerprint density at radius 2 is 1.77 bits per heavy atom. The Labute approximate surface area is 133 Å². The molecule has 1 unspecified atom stereocenters. The minimum Gasteiger partial charge on any atom is -0.322 e. The topological polar surface area (TPSA) is 66.4 Å². The van der Waals surface area contributed by atoms with Gasteiger partial charge in [-0.2, -0.15) is 0 Å². The predicted octanol–water partition coefficient (Wildman–Crippen LogP) is 3.70. The molecule has 1 amide bonds. The van der Waals surface area contributed by atoms with E-state index in [1.165, 1.54) is 12.1 Å². The number of benzene rings is 2. The second-order valence-corrected chi connectivity index (χ2v) is 5.86. The summed E-state index contributed by atoms with van der Waals surface area (Å²) >= 11 is 0.197. The molecule has 2 aromatic carbocycles. The highest BCUT2D eigenvalue weighted by molar-refractivity contribution is 9.10. The Hall–Kier alpha value is -1.71. The molecule has 0 heterocycles. The number of hydrogen-bond acceptors (Lipinski definition) is 2. The molecule has 9 heteroatoms. The van der Waals surface area contributed by atoms with E-state index in [2.05, 4.69) is 21.2 Å². The largest absolute Gasteiger partial charge is 0.322 e. The SMILES string of the molecule is O=C(Nc1ccc(F)c(Br)c1)c1c(F)ccc(S(=O)O)c1F. The second kappa shape index (κ2) is 6.59. The zero-order valence-electron chi connectivity index (χ0n) is 10.6. The summed E-state index contributed by atoms with van der Waals surface area (Å²) in [5, 5.41) is 2.18. The van der Waals surface area contributed by atoms with Crippen molar-refractivity contribution in [3.8, 4) is 0 Å². The molecule has 0 saturated heterocycles. The van der Waals surface area contributed by atoms with E-state index in [1.54, 1.807) is 0 Å². The Morgan fingerprint density at radius 1 is 1.14 bits per heavy atom. The summed E-state index contributed by atoms with van der Waals surface area (Å²) in [4.78, 5) is 11.2. The average Bonchev–Trinajstić information content (AvgIpc) is 2.42. The van der Waals surface area contributed by atoms with Gasteiger partial charge in [-0.3, -0.25) is 4.79 Å². The number of rotatable bonds is 3. The van der Waals surface area contributed by atoms with Gasteiger partial charge in [-0.05, 0) is 46.3 Å². The number of hydrogen-bond donors (Lipinski definition) is 2. The van der Waals surface area contributed by atoms with Crippen LogP contribution in [0.4, 0.5) is 18.9 Å². The molecule has 0 bridgehead atoms. The fourth-order valence-electron chi connectivity index (χ4n) is 1.64. The molecule has 0 aliphatic rings. The van der Waals surface area contributed by atoms with Gasteiger partial charge in [0.15, 0.2) is 16.9 Å². The number of carbonyl (C=O) groups is 1. The van der Waals surface area contributed by atoms with Gasteiger partial charge >= 0.3 is 0 Å². The van der Waals surface area contributed by atoms with Crippen LogP contribution in [-0.2, 0) is 11.1 Å². The van der Waals surface area contributed by atoms with Crippen LogP contribution in [0, 0.1) is 17.5 Å². The van der Waals surface area contributed by atoms with Crippen LogP contribution in [0.25, 0.3) is 0 Å². The number of carbonyl (C=O) groups excluding carboxylic acids is 1. The van der Waals surface area contributed by atoms with Gasteiger partial charge in [0.25, 0.3) is 5.91 Å². The van der Waals surface area contributed by atoms with Gasteiger partial charge in [-0.25, -0.2) is 17.4 Å². The molecule has 4 nitrogen and oxygen atoms in total. The van der Waals surface area contributed by atoms with Gasteiger partial charge in [0.1, 0.15) is 22.1 Å². The monoisotopic (exact) mass is 393 g/mol. The van der Waals surface area contributed by atoms with Gasteiger partial charge < -0.3 is 9.87 Å². The zero-order valence-corrected chi connectivity index (χ0v) is 13.0. The maximum atomic E-state index is 14.0. The summed E-state index contributed by atoms with van der Waals surface area (Å²) in [5.41, 5.74) is -0.909. The second-order valence-electron chi connectivity index (χ2n) is 4.07. The maximum Gasteiger partial charge on any atom is 0.261 e. The standard InChI is InChI=1S/C13H7BrF3NO3S/c14-7-5-6(1-2-8(7)15)18-13(19)11-9(16)3-4-10(12(11)17)22(20)21/h1-5H,(H,18,19)(H,20,21). The molecular weight excluding hydrogens is 387 g/mol. The predicted molar refractivity (Wildman–Crippen MR) is 77.4 cm³/mol. The summed E-state index contributed by atoms with van der Waals surface area (Å²) in [6, 6.07) is 4.93. The molecule has 0 aromatic heterocycles. The van der Waals surface area contributed by atoms with Crippen molar-refractivity contribution in [1.82, 2.24) is 0 Å². The molecule has 0 aliphatic carbocycles. The van der Waals surface area contributed by atoms with Gasteiger partial charge in [0.2, 0.25) is 0 Å². The molecule has 2 N–H and O–H groups in total. The first-order valence-corrected chi connectivity index (χ1v) is 7.56. The Kier molecular flexibility index (Phi) is 4.99. The normalized spacial score (nSPS) is 12.0. The van der Waals surface area contributed by atoms with E-state index in [-0.39, 0.29) is 10.2 Å². The van der Waals surface area contributed by atoms with E-state index in [4.69, 9.17) is 4.55 Å². The van der Waals surface area contributed by atoms with E-state index in [0.717, 1.165) is 12.1 Å². The molecule has 0 aliphatic heterocycles. The highest BCUT2D eigenvalue weighted by atomic mass is 79.9. The Bertz CT molecular complexity index is 785. The van der Waals surface area contributed by atoms with E-state index in [0.29, 0.717) is 6.07 Å². The third-order valence-electron chi connectivity index (χ3n) is 2.65. The Morgan fingerprint density at radius 3 is 2.36 bits per heavy atom. The zero-order chi connectivity index (χ0) is 16.4. The van der Waals surface area contributed by atoms with Crippen molar-refractivity contribution in [2.45, 2.75) is 4.90 Å². The summed E-state index contributed by atoms with van der Waals surface area (Å²) in [6.07, 6.45) is 0. The maximum absolute atomic E-state index is 14.0. The van der Waals surface area contributed by atoms with Crippen LogP contribution in [0.3, 0.4) is 0 Å². The fraction of sp³-hybridized carbons (Fsp3) is 0. The number of anilines is 1. The summed E-state index contributed by atoms with van der Waals surface area (Å²) < 4.78 is 60.5. The molecule has 2 rings (SSSR count). The lowest BCUT2D eigenvalue weighted by Gasteiger charge is -2.09. The van der Waals surface area contributed by atoms with Gasteiger partial charge in [-0.1, -0.05) is 0 Å². The number of nitrogens with one attached hydrogen (secondary N) is 1. The third kappa shape index (κ3) is 3.37. The number of amides is 1. The minimum atomic E-state index is -2.71. The lowest BCUT2D eigenvalue weighted by Crippen LogP contribution is -2.17. The molecule has 1 atom stereocenters. The van der Waals surface area contributed by atoms with Crippen molar-refractivity contribution in [2.24, 2.45) is 0 Å². The van der Waals surface area contributed by atoms with Crippen LogP contribution in [0.5, 0.6) is 0 Å². The van der Waals surface area contributed by atoms with E-state index >= 15 is 0 Å². The molecule has 2 aromatic rings. The minimum absolute atomic E-state index is 0.0523. The fourth-order valence-corrected chi connectivity index (χ4v) is 2.46. The van der Waals surface area contributed by atoms with E-state index in [1.807, 2.05) is 0 Å². The molecule has 116 valence electrons. The average molecular weight is 394 g/mol. The third-order valence-corrected chi connectivity index (χ3v) is 3.95. The first kappa shape index (κ1) is 16.7. The highest BCUT2D eigenvalue weighted by Crippen LogP contribution is 2.23. The van der Waals surface area contributed by atoms with Gasteiger partial charge in [0, 0.05) is 5.69 Å². The van der Waals surface area contributed by atoms with E-state index in [9.17, 15) is 22.2 Å². The molecule has 0 radical (unpaired) electrons. The molecule has 0 spiro atoms. The Balaban J connectivity index is 2.39. The van der Waals surface area contributed by atoms with Crippen molar-refractivity contribution in [3.63, 3.8) is 0 Å². The van der Waals surface area contributed by atoms with Crippen LogP contribution < -0.4 is 5.32 Å². The van der Waals surface area contributed by atoms with Gasteiger partial charge in [-0.15, -0.1) is 0 Å². The van der Waals surface area contributed by atoms with Crippen molar-refractivity contribution in [2.75, 3.05) is 5.32 Å². The van der Waals surface area contributed by atoms with Crippen molar-refractivity contribution in [1.29, 1.82) is 0 Å². The summed E-state index contributed by atoms with van der Waals surface area (Å²) in [6.45, 7) is 0. The van der Waals surface area contributed by atoms with E-state index < -0.39 is 44.9 Å². The molecule has 0 saturated carbocycles. The van der Waals surface area contributed by atoms with Crippen LogP contribution in [0.2, 0.25) is 0 Å². The van der Waals surface area contributed by atoms with Crippen LogP contribution in [-0.4, -0.2) is 14.7 Å². The summed E-state index contributed by atoms with van der Waals surface area (Å²) in [5.74, 6) is -4.36. The first-order valence-electron chi connectivity index (χ1n) is 5.66. The van der Waals surface area contributed by atoms with Gasteiger partial charge in [0.05, 0.1) is 4.47 Å². The quantitative estimate of drug-likeness (QED) is 0.781. The van der Waals surface area contributed by atoms with Crippen molar-refractivity contribution in [3.05, 3.63) is 57.8 Å². The lowest BCUT2D eigenvalue weighted by molar-refractivity contribution is 0.101. The number of halogens is 4. The van der Waals surface area contributed by atoms with Crippen LogP contribution in [0.1, 0.15) is 10.4 Å². The molecule has 22 heavy (non-hydrogen) atoms. The molecule has 0 fully saturated rings. The van der Waals surface area contributed by atoms with Crippen LogP contribution >= 0.6 is 15.9 Å². The summed E-state index contributed by atoms with van der Waals surface area (Å²) in [7, 11) is 0. The molecular formula is C13H7BrF3NO3S. The van der Waals surface area contributed by atoms with Crippen molar-refractivity contribution >= 4 is 38.6 Å². The smallest absolute Gasteiger partial charge is 0.261 e. The lowest BCUT2D eigenvalue weighted by atomic mass is 10.1. The van der Waals surface area contributed by atoms with Crippen molar-refractivity contribution < 1.29 is 26.7 Å². The van der Waals surface area contributed by atoms with Crippen LogP contribution in [0.15, 0.2) is 39.7 Å².